The van der Waals surface area contributed by atoms with Crippen LogP contribution in [0.25, 0.3) is 0 Å². The van der Waals surface area contributed by atoms with Crippen LogP contribution in [0.15, 0.2) is 12.1 Å². The Kier molecular flexibility index (Phi) is 4.57. The van der Waals surface area contributed by atoms with Crippen LogP contribution in [0.2, 0.25) is 0 Å². The van der Waals surface area contributed by atoms with Crippen LogP contribution in [0.5, 0.6) is 0 Å². The van der Waals surface area contributed by atoms with Gasteiger partial charge in [0.25, 0.3) is 5.91 Å². The van der Waals surface area contributed by atoms with Crippen molar-refractivity contribution in [1.82, 2.24) is 15.1 Å². The number of anilines is 1. The predicted molar refractivity (Wildman–Crippen MR) is 79.7 cm³/mol. The van der Waals surface area contributed by atoms with Gasteiger partial charge in [-0.25, -0.2) is 0 Å². The van der Waals surface area contributed by atoms with Crippen LogP contribution in [0.3, 0.4) is 0 Å². The number of amides is 1. The molecule has 0 saturated carbocycles. The van der Waals surface area contributed by atoms with E-state index in [2.05, 4.69) is 36.3 Å². The van der Waals surface area contributed by atoms with Gasteiger partial charge >= 0.3 is 0 Å². The van der Waals surface area contributed by atoms with Gasteiger partial charge in [0.05, 0.1) is 0 Å². The zero-order valence-electron chi connectivity index (χ0n) is 12.6. The lowest BCUT2D eigenvalue weighted by molar-refractivity contribution is 0.0623. The molecule has 110 valence electrons. The average Bonchev–Trinajstić information content (AvgIpc) is 2.45. The zero-order valence-corrected chi connectivity index (χ0v) is 12.6. The van der Waals surface area contributed by atoms with Gasteiger partial charge in [-0.2, -0.15) is 0 Å². The van der Waals surface area contributed by atoms with Crippen molar-refractivity contribution in [2.24, 2.45) is 5.41 Å². The lowest BCUT2D eigenvalue weighted by Crippen LogP contribution is -2.41. The summed E-state index contributed by atoms with van der Waals surface area (Å²) in [6.45, 7) is 9.08. The van der Waals surface area contributed by atoms with Crippen LogP contribution in [0, 0.1) is 5.41 Å². The van der Waals surface area contributed by atoms with Crippen LogP contribution >= 0.6 is 0 Å². The first kappa shape index (κ1) is 14.8. The van der Waals surface area contributed by atoms with E-state index in [1.165, 1.54) is 0 Å². The molecular weight excluding hydrogens is 252 g/mol. The van der Waals surface area contributed by atoms with E-state index in [0.717, 1.165) is 44.7 Å². The smallest absolute Gasteiger partial charge is 0.274 e. The minimum absolute atomic E-state index is 0.00459. The van der Waals surface area contributed by atoms with Crippen molar-refractivity contribution in [3.05, 3.63) is 17.8 Å². The van der Waals surface area contributed by atoms with E-state index in [4.69, 9.17) is 0 Å². The van der Waals surface area contributed by atoms with E-state index in [-0.39, 0.29) is 5.91 Å². The van der Waals surface area contributed by atoms with Crippen LogP contribution in [-0.4, -0.2) is 40.6 Å². The average molecular weight is 276 g/mol. The molecule has 0 aliphatic carbocycles. The first-order valence-electron chi connectivity index (χ1n) is 7.39. The van der Waals surface area contributed by atoms with Gasteiger partial charge in [-0.05, 0) is 36.8 Å². The Morgan fingerprint density at radius 3 is 2.55 bits per heavy atom. The summed E-state index contributed by atoms with van der Waals surface area (Å²) in [4.78, 5) is 14.2. The van der Waals surface area contributed by atoms with Crippen molar-refractivity contribution >= 4 is 11.7 Å². The fraction of sp³-hybridized carbons (Fsp3) is 0.667. The van der Waals surface area contributed by atoms with Gasteiger partial charge in [-0.3, -0.25) is 4.79 Å². The van der Waals surface area contributed by atoms with Crippen LogP contribution < -0.4 is 5.32 Å². The minimum atomic E-state index is -0.00459. The molecule has 5 nitrogen and oxygen atoms in total. The second-order valence-electron chi connectivity index (χ2n) is 6.19. The number of piperidine rings is 1. The number of carbonyl (C=O) groups is 1. The summed E-state index contributed by atoms with van der Waals surface area (Å²) >= 11 is 0. The number of hydrogen-bond donors (Lipinski definition) is 1. The maximum atomic E-state index is 12.3. The third-order valence-corrected chi connectivity index (χ3v) is 3.84. The van der Waals surface area contributed by atoms with Gasteiger partial charge in [0.15, 0.2) is 5.69 Å². The fourth-order valence-corrected chi connectivity index (χ4v) is 2.27. The van der Waals surface area contributed by atoms with Crippen molar-refractivity contribution in [2.45, 2.75) is 40.0 Å². The zero-order chi connectivity index (χ0) is 14.6. The van der Waals surface area contributed by atoms with E-state index >= 15 is 0 Å². The summed E-state index contributed by atoms with van der Waals surface area (Å²) in [5, 5.41) is 11.2. The van der Waals surface area contributed by atoms with Crippen LogP contribution in [-0.2, 0) is 0 Å². The van der Waals surface area contributed by atoms with Crippen LogP contribution in [0.4, 0.5) is 5.82 Å². The molecular formula is C15H24N4O. The minimum Gasteiger partial charge on any atom is -0.369 e. The Balaban J connectivity index is 1.96. The van der Waals surface area contributed by atoms with Crippen molar-refractivity contribution in [3.8, 4) is 0 Å². The third-order valence-electron chi connectivity index (χ3n) is 3.84. The Morgan fingerprint density at radius 1 is 1.30 bits per heavy atom. The Labute approximate surface area is 120 Å². The van der Waals surface area contributed by atoms with Gasteiger partial charge < -0.3 is 10.2 Å². The monoisotopic (exact) mass is 276 g/mol. The molecule has 0 radical (unpaired) electrons. The van der Waals surface area contributed by atoms with Gasteiger partial charge in [-0.1, -0.05) is 20.8 Å². The molecule has 0 spiro atoms. The number of rotatable bonds is 4. The van der Waals surface area contributed by atoms with E-state index in [0.29, 0.717) is 11.1 Å². The molecule has 1 saturated heterocycles. The molecule has 0 aromatic carbocycles. The van der Waals surface area contributed by atoms with E-state index in [1.807, 2.05) is 11.0 Å². The van der Waals surface area contributed by atoms with Crippen molar-refractivity contribution < 1.29 is 4.79 Å². The third kappa shape index (κ3) is 3.68. The maximum Gasteiger partial charge on any atom is 0.274 e. The molecule has 0 unspecified atom stereocenters. The number of hydrogen-bond acceptors (Lipinski definition) is 4. The topological polar surface area (TPSA) is 58.1 Å². The molecule has 0 atom stereocenters. The maximum absolute atomic E-state index is 12.3. The summed E-state index contributed by atoms with van der Waals surface area (Å²) in [5.41, 5.74) is 0.780. The van der Waals surface area contributed by atoms with E-state index in [9.17, 15) is 4.79 Å². The van der Waals surface area contributed by atoms with Crippen LogP contribution in [0.1, 0.15) is 50.5 Å². The van der Waals surface area contributed by atoms with Gasteiger partial charge in [0, 0.05) is 19.6 Å². The normalized spacial score (nSPS) is 17.9. The summed E-state index contributed by atoms with van der Waals surface area (Å²) in [5.74, 6) is 0.721. The van der Waals surface area contributed by atoms with E-state index in [1.54, 1.807) is 6.07 Å². The SMILES string of the molecule is CCCNc1ccc(C(=O)N2CCC(C)(C)CC2)nn1. The highest BCUT2D eigenvalue weighted by atomic mass is 16.2. The molecule has 1 aliphatic heterocycles. The van der Waals surface area contributed by atoms with Crippen molar-refractivity contribution in [2.75, 3.05) is 25.0 Å². The summed E-state index contributed by atoms with van der Waals surface area (Å²) in [7, 11) is 0. The molecule has 1 fully saturated rings. The number of likely N-dealkylation sites (tertiary alicyclic amines) is 1. The molecule has 2 rings (SSSR count). The second kappa shape index (κ2) is 6.20. The van der Waals surface area contributed by atoms with Gasteiger partial charge in [0.1, 0.15) is 5.82 Å². The Bertz CT molecular complexity index is 445. The van der Waals surface area contributed by atoms with E-state index < -0.39 is 0 Å². The number of nitrogens with zero attached hydrogens (tertiary/aromatic N) is 3. The fourth-order valence-electron chi connectivity index (χ4n) is 2.27. The molecule has 5 heteroatoms. The molecule has 1 N–H and O–H groups in total. The first-order valence-corrected chi connectivity index (χ1v) is 7.39. The standard InChI is InChI=1S/C15H24N4O/c1-4-9-16-13-6-5-12(17-18-13)14(20)19-10-7-15(2,3)8-11-19/h5-6H,4,7-11H2,1-3H3,(H,16,18). The number of nitrogens with one attached hydrogen (secondary N) is 1. The van der Waals surface area contributed by atoms with Gasteiger partial charge in [0.2, 0.25) is 0 Å². The highest BCUT2D eigenvalue weighted by Crippen LogP contribution is 2.30. The molecule has 0 bridgehead atoms. The predicted octanol–water partition coefficient (Wildman–Crippen LogP) is 2.56. The number of carbonyl (C=O) groups excluding carboxylic acids is 1. The molecule has 1 amide bonds. The Morgan fingerprint density at radius 2 is 2.00 bits per heavy atom. The summed E-state index contributed by atoms with van der Waals surface area (Å²) in [6.07, 6.45) is 3.12. The molecule has 1 aliphatic rings. The van der Waals surface area contributed by atoms with Gasteiger partial charge in [-0.15, -0.1) is 10.2 Å². The first-order chi connectivity index (χ1) is 9.52. The quantitative estimate of drug-likeness (QED) is 0.918. The highest BCUT2D eigenvalue weighted by Gasteiger charge is 2.28. The lowest BCUT2D eigenvalue weighted by atomic mass is 9.82. The summed E-state index contributed by atoms with van der Waals surface area (Å²) in [6, 6.07) is 3.58. The van der Waals surface area contributed by atoms with Crippen molar-refractivity contribution in [1.29, 1.82) is 0 Å². The lowest BCUT2D eigenvalue weighted by Gasteiger charge is -2.36. The molecule has 1 aromatic rings. The second-order valence-corrected chi connectivity index (χ2v) is 6.19. The largest absolute Gasteiger partial charge is 0.369 e. The molecule has 1 aromatic heterocycles. The highest BCUT2D eigenvalue weighted by molar-refractivity contribution is 5.92. The number of aromatic nitrogens is 2. The molecule has 20 heavy (non-hydrogen) atoms. The molecule has 2 heterocycles. The Hall–Kier alpha value is -1.65. The van der Waals surface area contributed by atoms with Crippen molar-refractivity contribution in [3.63, 3.8) is 0 Å². The summed E-state index contributed by atoms with van der Waals surface area (Å²) < 4.78 is 0.